The minimum Gasteiger partial charge on any atom is -0.493 e. The van der Waals surface area contributed by atoms with E-state index in [1.165, 1.54) is 0 Å². The fourth-order valence-electron chi connectivity index (χ4n) is 4.16. The predicted molar refractivity (Wildman–Crippen MR) is 153 cm³/mol. The SMILES string of the molecule is CCCCn1c2ccccc2c2nnc(N/N=C/c3ccc(OCc4c(Cl)cccc4Cl)c(OC)c3)nc21. The van der Waals surface area contributed by atoms with E-state index in [0.29, 0.717) is 33.1 Å². The molecule has 0 aliphatic carbocycles. The van der Waals surface area contributed by atoms with Gasteiger partial charge in [-0.25, -0.2) is 5.43 Å². The highest BCUT2D eigenvalue weighted by atomic mass is 35.5. The van der Waals surface area contributed by atoms with Crippen molar-refractivity contribution in [3.8, 4) is 11.5 Å². The molecule has 0 unspecified atom stereocenters. The van der Waals surface area contributed by atoms with Crippen molar-refractivity contribution in [2.24, 2.45) is 5.10 Å². The molecule has 0 saturated carbocycles. The van der Waals surface area contributed by atoms with Gasteiger partial charge in [0.05, 0.1) is 18.8 Å². The standard InChI is InChI=1S/C28H26Cl2N6O2/c1-3-4-14-36-23-11-6-5-8-19(23)26-27(36)32-28(35-33-26)34-31-16-18-12-13-24(25(15-18)37-2)38-17-20-21(29)9-7-10-22(20)30/h5-13,15-16H,3-4,14,17H2,1-2H3,(H,32,34,35)/b31-16+. The normalized spacial score (nSPS) is 11.5. The van der Waals surface area contributed by atoms with E-state index in [1.807, 2.05) is 30.3 Å². The molecule has 5 rings (SSSR count). The number of rotatable bonds is 10. The van der Waals surface area contributed by atoms with Gasteiger partial charge in [-0.2, -0.15) is 10.1 Å². The first-order chi connectivity index (χ1) is 18.6. The third-order valence-corrected chi connectivity index (χ3v) is 6.82. The molecule has 0 atom stereocenters. The molecule has 0 amide bonds. The van der Waals surface area contributed by atoms with Crippen LogP contribution in [0.2, 0.25) is 10.0 Å². The van der Waals surface area contributed by atoms with E-state index in [9.17, 15) is 0 Å². The van der Waals surface area contributed by atoms with Gasteiger partial charge in [-0.1, -0.05) is 60.8 Å². The van der Waals surface area contributed by atoms with Crippen LogP contribution in [-0.4, -0.2) is 33.1 Å². The molecule has 2 aromatic heterocycles. The van der Waals surface area contributed by atoms with Crippen LogP contribution in [-0.2, 0) is 13.2 Å². The minimum atomic E-state index is 0.214. The number of unbranched alkanes of at least 4 members (excludes halogenated alkanes) is 1. The molecule has 0 bridgehead atoms. The Morgan fingerprint density at radius 1 is 1.00 bits per heavy atom. The van der Waals surface area contributed by atoms with E-state index >= 15 is 0 Å². The molecule has 3 aromatic carbocycles. The second kappa shape index (κ2) is 11.7. The first kappa shape index (κ1) is 25.8. The molecule has 0 saturated heterocycles. The Labute approximate surface area is 230 Å². The fourth-order valence-corrected chi connectivity index (χ4v) is 4.67. The lowest BCUT2D eigenvalue weighted by atomic mass is 10.2. The number of aryl methyl sites for hydroxylation is 1. The maximum atomic E-state index is 6.25. The first-order valence-electron chi connectivity index (χ1n) is 12.2. The molecule has 38 heavy (non-hydrogen) atoms. The summed E-state index contributed by atoms with van der Waals surface area (Å²) in [6, 6.07) is 19.0. The highest BCUT2D eigenvalue weighted by Crippen LogP contribution is 2.31. The number of benzene rings is 3. The zero-order valence-electron chi connectivity index (χ0n) is 21.0. The van der Waals surface area contributed by atoms with E-state index in [4.69, 9.17) is 37.7 Å². The average molecular weight is 549 g/mol. The number of halogens is 2. The van der Waals surface area contributed by atoms with Gasteiger partial charge in [0.15, 0.2) is 17.1 Å². The number of nitrogens with zero attached hydrogens (tertiary/aromatic N) is 5. The molecule has 0 radical (unpaired) electrons. The van der Waals surface area contributed by atoms with E-state index in [-0.39, 0.29) is 6.61 Å². The lowest BCUT2D eigenvalue weighted by Crippen LogP contribution is -2.03. The number of hydrogen-bond donors (Lipinski definition) is 1. The van der Waals surface area contributed by atoms with Gasteiger partial charge in [-0.3, -0.25) is 0 Å². The molecule has 10 heteroatoms. The second-order valence-electron chi connectivity index (χ2n) is 8.60. The summed E-state index contributed by atoms with van der Waals surface area (Å²) in [7, 11) is 1.58. The van der Waals surface area contributed by atoms with Crippen LogP contribution < -0.4 is 14.9 Å². The average Bonchev–Trinajstić information content (AvgIpc) is 3.24. The van der Waals surface area contributed by atoms with Crippen molar-refractivity contribution in [3.05, 3.63) is 81.8 Å². The smallest absolute Gasteiger partial charge is 0.265 e. The van der Waals surface area contributed by atoms with E-state index in [2.05, 4.69) is 38.3 Å². The lowest BCUT2D eigenvalue weighted by Gasteiger charge is -2.13. The molecule has 1 N–H and O–H groups in total. The summed E-state index contributed by atoms with van der Waals surface area (Å²) in [5.41, 5.74) is 7.07. The Bertz CT molecular complexity index is 1600. The van der Waals surface area contributed by atoms with Gasteiger partial charge in [0.1, 0.15) is 12.1 Å². The van der Waals surface area contributed by atoms with Crippen molar-refractivity contribution in [2.75, 3.05) is 12.5 Å². The molecule has 194 valence electrons. The summed E-state index contributed by atoms with van der Waals surface area (Å²) in [5.74, 6) is 1.43. The minimum absolute atomic E-state index is 0.214. The van der Waals surface area contributed by atoms with Gasteiger partial charge in [0.2, 0.25) is 0 Å². The maximum Gasteiger partial charge on any atom is 0.265 e. The van der Waals surface area contributed by atoms with E-state index in [1.54, 1.807) is 37.6 Å². The lowest BCUT2D eigenvalue weighted by molar-refractivity contribution is 0.284. The van der Waals surface area contributed by atoms with E-state index in [0.717, 1.165) is 47.0 Å². The Kier molecular flexibility index (Phi) is 7.91. The van der Waals surface area contributed by atoms with Gasteiger partial charge in [0, 0.05) is 27.5 Å². The number of nitrogens with one attached hydrogen (secondary N) is 1. The first-order valence-corrected chi connectivity index (χ1v) is 13.0. The van der Waals surface area contributed by atoms with Gasteiger partial charge >= 0.3 is 0 Å². The Morgan fingerprint density at radius 2 is 1.82 bits per heavy atom. The maximum absolute atomic E-state index is 6.25. The summed E-state index contributed by atoms with van der Waals surface area (Å²) in [5, 5.41) is 15.1. The zero-order valence-corrected chi connectivity index (χ0v) is 22.5. The van der Waals surface area contributed by atoms with Crippen LogP contribution in [0.1, 0.15) is 30.9 Å². The number of aromatic nitrogens is 4. The van der Waals surface area contributed by atoms with Crippen LogP contribution in [0.25, 0.3) is 22.1 Å². The molecule has 0 fully saturated rings. The second-order valence-corrected chi connectivity index (χ2v) is 9.41. The van der Waals surface area contributed by atoms with Crippen molar-refractivity contribution in [1.82, 2.24) is 19.7 Å². The highest BCUT2D eigenvalue weighted by molar-refractivity contribution is 6.35. The molecular formula is C28H26Cl2N6O2. The van der Waals surface area contributed by atoms with E-state index < -0.39 is 0 Å². The molecule has 0 aliphatic heterocycles. The zero-order chi connectivity index (χ0) is 26.5. The van der Waals surface area contributed by atoms with Gasteiger partial charge in [-0.15, -0.1) is 10.2 Å². The van der Waals surface area contributed by atoms with Crippen LogP contribution in [0.3, 0.4) is 0 Å². The van der Waals surface area contributed by atoms with Crippen molar-refractivity contribution >= 4 is 57.4 Å². The van der Waals surface area contributed by atoms with Gasteiger partial charge in [-0.05, 0) is 48.4 Å². The Morgan fingerprint density at radius 3 is 2.61 bits per heavy atom. The molecule has 2 heterocycles. The third kappa shape index (κ3) is 5.37. The summed E-state index contributed by atoms with van der Waals surface area (Å²) in [4.78, 5) is 4.71. The van der Waals surface area contributed by atoms with Crippen molar-refractivity contribution in [2.45, 2.75) is 32.9 Å². The van der Waals surface area contributed by atoms with Crippen molar-refractivity contribution in [1.29, 1.82) is 0 Å². The largest absolute Gasteiger partial charge is 0.493 e. The quantitative estimate of drug-likeness (QED) is 0.148. The Balaban J connectivity index is 1.32. The molecule has 5 aromatic rings. The number of para-hydroxylation sites is 1. The predicted octanol–water partition coefficient (Wildman–Crippen LogP) is 7.12. The number of anilines is 1. The Hall–Kier alpha value is -3.88. The number of fused-ring (bicyclic) bond motifs is 3. The topological polar surface area (TPSA) is 86.5 Å². The third-order valence-electron chi connectivity index (χ3n) is 6.11. The van der Waals surface area contributed by atoms with Gasteiger partial charge < -0.3 is 14.0 Å². The summed E-state index contributed by atoms with van der Waals surface area (Å²) in [6.07, 6.45) is 3.78. The number of hydrazone groups is 1. The van der Waals surface area contributed by atoms with Crippen molar-refractivity contribution in [3.63, 3.8) is 0 Å². The summed E-state index contributed by atoms with van der Waals surface area (Å²) in [6.45, 7) is 3.25. The number of methoxy groups -OCH3 is 1. The van der Waals surface area contributed by atoms with Crippen molar-refractivity contribution < 1.29 is 9.47 Å². The van der Waals surface area contributed by atoms with Crippen LogP contribution in [0, 0.1) is 0 Å². The molecule has 0 spiro atoms. The summed E-state index contributed by atoms with van der Waals surface area (Å²) >= 11 is 12.5. The summed E-state index contributed by atoms with van der Waals surface area (Å²) < 4.78 is 13.6. The molecule has 0 aliphatic rings. The van der Waals surface area contributed by atoms with Crippen LogP contribution in [0.4, 0.5) is 5.95 Å². The molecular weight excluding hydrogens is 523 g/mol. The number of hydrogen-bond acceptors (Lipinski definition) is 7. The number of ether oxygens (including phenoxy) is 2. The van der Waals surface area contributed by atoms with Crippen LogP contribution in [0.5, 0.6) is 11.5 Å². The fraction of sp³-hybridized carbons (Fsp3) is 0.214. The van der Waals surface area contributed by atoms with Crippen LogP contribution in [0.15, 0.2) is 65.8 Å². The highest BCUT2D eigenvalue weighted by Gasteiger charge is 2.14. The van der Waals surface area contributed by atoms with Crippen LogP contribution >= 0.6 is 23.2 Å². The monoisotopic (exact) mass is 548 g/mol. The van der Waals surface area contributed by atoms with Gasteiger partial charge in [0.25, 0.3) is 5.95 Å². The molecule has 8 nitrogen and oxygen atoms in total.